The second-order valence-corrected chi connectivity index (χ2v) is 8.67. The van der Waals surface area contributed by atoms with Crippen molar-refractivity contribution >= 4 is 15.9 Å². The minimum absolute atomic E-state index is 0.0252. The normalized spacial score (nSPS) is 19.0. The number of rotatable bonds is 6. The first-order valence-corrected chi connectivity index (χ1v) is 10.2. The summed E-state index contributed by atoms with van der Waals surface area (Å²) < 4.78 is 27.7. The summed E-state index contributed by atoms with van der Waals surface area (Å²) in [5, 5.41) is 11.6. The number of aliphatic hydroxyl groups is 1. The van der Waals surface area contributed by atoms with Gasteiger partial charge in [0.1, 0.15) is 0 Å². The van der Waals surface area contributed by atoms with Gasteiger partial charge in [0, 0.05) is 26.2 Å². The number of nitrogens with one attached hydrogen (secondary N) is 1. The number of aliphatic hydroxyl groups excluding tert-OH is 1. The number of nitrogens with zero attached hydrogens (tertiary/aromatic N) is 1. The van der Waals surface area contributed by atoms with E-state index in [1.807, 2.05) is 32.9 Å². The molecule has 1 amide bonds. The smallest absolute Gasteiger partial charge is 0.243 e. The predicted octanol–water partition coefficient (Wildman–Crippen LogP) is 1.51. The predicted molar refractivity (Wildman–Crippen MR) is 96.8 cm³/mol. The van der Waals surface area contributed by atoms with Crippen molar-refractivity contribution in [3.8, 4) is 0 Å². The third-order valence-electron chi connectivity index (χ3n) is 4.59. The zero-order valence-corrected chi connectivity index (χ0v) is 16.0. The van der Waals surface area contributed by atoms with E-state index in [1.54, 1.807) is 0 Å². The molecular formula is C18H28N2O4S. The van der Waals surface area contributed by atoms with Crippen LogP contribution in [0.1, 0.15) is 36.0 Å². The Kier molecular flexibility index (Phi) is 6.59. The molecule has 1 aliphatic heterocycles. The molecule has 1 fully saturated rings. The van der Waals surface area contributed by atoms with Crippen LogP contribution in [0.2, 0.25) is 0 Å². The molecule has 0 bridgehead atoms. The third kappa shape index (κ3) is 4.59. The molecule has 0 aromatic heterocycles. The summed E-state index contributed by atoms with van der Waals surface area (Å²) in [7, 11) is -3.62. The van der Waals surface area contributed by atoms with Crippen LogP contribution in [0.5, 0.6) is 0 Å². The molecule has 140 valence electrons. The summed E-state index contributed by atoms with van der Waals surface area (Å²) in [6.07, 6.45) is 1.85. The maximum absolute atomic E-state index is 13.1. The Morgan fingerprint density at radius 1 is 1.28 bits per heavy atom. The Balaban J connectivity index is 2.19. The van der Waals surface area contributed by atoms with Crippen LogP contribution < -0.4 is 5.32 Å². The lowest BCUT2D eigenvalue weighted by Gasteiger charge is -2.32. The number of sulfonamides is 1. The quantitative estimate of drug-likeness (QED) is 0.745. The van der Waals surface area contributed by atoms with E-state index in [2.05, 4.69) is 5.32 Å². The fourth-order valence-electron chi connectivity index (χ4n) is 3.51. The van der Waals surface area contributed by atoms with Gasteiger partial charge in [-0.25, -0.2) is 8.42 Å². The first kappa shape index (κ1) is 19.9. The van der Waals surface area contributed by atoms with Crippen LogP contribution in [-0.2, 0) is 14.8 Å². The fraction of sp³-hybridized carbons (Fsp3) is 0.611. The van der Waals surface area contributed by atoms with Crippen molar-refractivity contribution in [1.82, 2.24) is 9.62 Å². The standard InChI is InChI=1S/C18H28N2O4S/c1-13-10-14(2)17(15(3)11-13)25(23,24)20-8-4-6-16(12-20)18(22)19-7-5-9-21/h10-11,16,21H,4-9,12H2,1-3H3,(H,19,22)/t16-/m0/s1. The molecule has 1 heterocycles. The van der Waals surface area contributed by atoms with Gasteiger partial charge in [-0.2, -0.15) is 4.31 Å². The van der Waals surface area contributed by atoms with E-state index < -0.39 is 10.0 Å². The highest BCUT2D eigenvalue weighted by molar-refractivity contribution is 7.89. The number of hydrogen-bond donors (Lipinski definition) is 2. The Labute approximate surface area is 150 Å². The number of amides is 1. The fourth-order valence-corrected chi connectivity index (χ4v) is 5.45. The summed E-state index contributed by atoms with van der Waals surface area (Å²) in [5.41, 5.74) is 2.52. The average Bonchev–Trinajstić information content (AvgIpc) is 2.54. The molecule has 1 aliphatic rings. The van der Waals surface area contributed by atoms with Gasteiger partial charge in [-0.05, 0) is 51.2 Å². The van der Waals surface area contributed by atoms with Gasteiger partial charge in [0.05, 0.1) is 10.8 Å². The zero-order chi connectivity index (χ0) is 18.6. The number of piperidine rings is 1. The molecule has 1 aromatic carbocycles. The van der Waals surface area contributed by atoms with Gasteiger partial charge in [0.15, 0.2) is 0 Å². The largest absolute Gasteiger partial charge is 0.396 e. The van der Waals surface area contributed by atoms with Gasteiger partial charge in [0.2, 0.25) is 15.9 Å². The lowest BCUT2D eigenvalue weighted by atomic mass is 9.99. The molecule has 0 aliphatic carbocycles. The Bertz CT molecular complexity index is 708. The second kappa shape index (κ2) is 8.29. The highest BCUT2D eigenvalue weighted by Gasteiger charge is 2.34. The van der Waals surface area contributed by atoms with E-state index >= 15 is 0 Å². The van der Waals surface area contributed by atoms with Crippen molar-refractivity contribution in [3.63, 3.8) is 0 Å². The molecule has 25 heavy (non-hydrogen) atoms. The highest BCUT2D eigenvalue weighted by atomic mass is 32.2. The van der Waals surface area contributed by atoms with Crippen molar-refractivity contribution in [2.45, 2.75) is 44.9 Å². The lowest BCUT2D eigenvalue weighted by Crippen LogP contribution is -2.45. The highest BCUT2D eigenvalue weighted by Crippen LogP contribution is 2.28. The number of benzene rings is 1. The number of hydrogen-bond acceptors (Lipinski definition) is 4. The molecule has 0 spiro atoms. The average molecular weight is 368 g/mol. The maximum Gasteiger partial charge on any atom is 0.243 e. The van der Waals surface area contributed by atoms with Crippen molar-refractivity contribution in [2.75, 3.05) is 26.2 Å². The zero-order valence-electron chi connectivity index (χ0n) is 15.2. The topological polar surface area (TPSA) is 86.7 Å². The van der Waals surface area contributed by atoms with Crippen LogP contribution >= 0.6 is 0 Å². The van der Waals surface area contributed by atoms with Crippen LogP contribution in [0, 0.1) is 26.7 Å². The molecule has 6 nitrogen and oxygen atoms in total. The molecule has 0 radical (unpaired) electrons. The third-order valence-corrected chi connectivity index (χ3v) is 6.76. The monoisotopic (exact) mass is 368 g/mol. The molecule has 0 saturated carbocycles. The number of carbonyl (C=O) groups is 1. The molecule has 2 N–H and O–H groups in total. The van der Waals surface area contributed by atoms with Gasteiger partial charge in [-0.3, -0.25) is 4.79 Å². The first-order chi connectivity index (χ1) is 11.8. The summed E-state index contributed by atoms with van der Waals surface area (Å²) >= 11 is 0. The van der Waals surface area contributed by atoms with Gasteiger partial charge in [-0.15, -0.1) is 0 Å². The summed E-state index contributed by atoms with van der Waals surface area (Å²) in [4.78, 5) is 12.6. The van der Waals surface area contributed by atoms with Gasteiger partial charge >= 0.3 is 0 Å². The molecule has 0 unspecified atom stereocenters. The van der Waals surface area contributed by atoms with E-state index in [4.69, 9.17) is 5.11 Å². The maximum atomic E-state index is 13.1. The van der Waals surface area contributed by atoms with Crippen molar-refractivity contribution in [1.29, 1.82) is 0 Å². The summed E-state index contributed by atoms with van der Waals surface area (Å²) in [6.45, 7) is 6.66. The van der Waals surface area contributed by atoms with Crippen LogP contribution in [-0.4, -0.2) is 50.0 Å². The van der Waals surface area contributed by atoms with E-state index in [9.17, 15) is 13.2 Å². The number of aryl methyl sites for hydroxylation is 3. The van der Waals surface area contributed by atoms with E-state index in [0.29, 0.717) is 37.2 Å². The van der Waals surface area contributed by atoms with Crippen molar-refractivity contribution < 1.29 is 18.3 Å². The van der Waals surface area contributed by atoms with E-state index in [1.165, 1.54) is 4.31 Å². The number of carbonyl (C=O) groups excluding carboxylic acids is 1. The minimum atomic E-state index is -3.62. The Morgan fingerprint density at radius 2 is 1.92 bits per heavy atom. The van der Waals surface area contributed by atoms with Gasteiger partial charge in [0.25, 0.3) is 0 Å². The Morgan fingerprint density at radius 3 is 2.52 bits per heavy atom. The first-order valence-electron chi connectivity index (χ1n) is 8.74. The molecular weight excluding hydrogens is 340 g/mol. The molecule has 1 atom stereocenters. The van der Waals surface area contributed by atoms with E-state index in [0.717, 1.165) is 16.7 Å². The van der Waals surface area contributed by atoms with Crippen LogP contribution in [0.15, 0.2) is 17.0 Å². The molecule has 1 aromatic rings. The van der Waals surface area contributed by atoms with Crippen LogP contribution in [0.4, 0.5) is 0 Å². The lowest BCUT2D eigenvalue weighted by molar-refractivity contribution is -0.126. The van der Waals surface area contributed by atoms with Gasteiger partial charge in [-0.1, -0.05) is 17.7 Å². The van der Waals surface area contributed by atoms with Gasteiger partial charge < -0.3 is 10.4 Å². The van der Waals surface area contributed by atoms with Crippen LogP contribution in [0.25, 0.3) is 0 Å². The van der Waals surface area contributed by atoms with Crippen LogP contribution in [0.3, 0.4) is 0 Å². The molecule has 2 rings (SSSR count). The summed E-state index contributed by atoms with van der Waals surface area (Å²) in [6, 6.07) is 3.76. The SMILES string of the molecule is Cc1cc(C)c(S(=O)(=O)N2CCC[C@H](C(=O)NCCCO)C2)c(C)c1. The Hall–Kier alpha value is -1.44. The van der Waals surface area contributed by atoms with Crippen molar-refractivity contribution in [3.05, 3.63) is 28.8 Å². The van der Waals surface area contributed by atoms with Crippen molar-refractivity contribution in [2.24, 2.45) is 5.92 Å². The summed E-state index contributed by atoms with van der Waals surface area (Å²) in [5.74, 6) is -0.473. The van der Waals surface area contributed by atoms with E-state index in [-0.39, 0.29) is 25.0 Å². The molecule has 1 saturated heterocycles. The molecule has 7 heteroatoms. The minimum Gasteiger partial charge on any atom is -0.396 e. The second-order valence-electron chi connectivity index (χ2n) is 6.80.